The van der Waals surface area contributed by atoms with Gasteiger partial charge in [0.1, 0.15) is 23.1 Å². The summed E-state index contributed by atoms with van der Waals surface area (Å²) in [5.74, 6) is 4.39. The van der Waals surface area contributed by atoms with Crippen molar-refractivity contribution in [2.45, 2.75) is 117 Å². The summed E-state index contributed by atoms with van der Waals surface area (Å²) >= 11 is 0. The van der Waals surface area contributed by atoms with Crippen molar-refractivity contribution < 1.29 is 9.47 Å². The quantitative estimate of drug-likeness (QED) is 0.140. The highest BCUT2D eigenvalue weighted by Gasteiger charge is 2.50. The number of ether oxygens (including phenoxy) is 2. The molecule has 2 aliphatic carbocycles. The van der Waals surface area contributed by atoms with Gasteiger partial charge in [0.25, 0.3) is 13.4 Å². The number of aryl methyl sites for hydroxylation is 2. The van der Waals surface area contributed by atoms with Crippen LogP contribution in [0.25, 0.3) is 0 Å². The van der Waals surface area contributed by atoms with Gasteiger partial charge in [-0.3, -0.25) is 9.80 Å². The van der Waals surface area contributed by atoms with E-state index >= 15 is 0 Å². The van der Waals surface area contributed by atoms with Crippen LogP contribution < -0.4 is 61.9 Å². The zero-order chi connectivity index (χ0) is 62.7. The van der Waals surface area contributed by atoms with Crippen molar-refractivity contribution in [3.05, 3.63) is 252 Å². The highest BCUT2D eigenvalue weighted by molar-refractivity contribution is 7.02. The topological polar surface area (TPSA) is 57.2 Å². The third-order valence-electron chi connectivity index (χ3n) is 21.5. The Balaban J connectivity index is 0.952. The van der Waals surface area contributed by atoms with Crippen molar-refractivity contribution in [3.8, 4) is 23.3 Å². The fourth-order valence-electron chi connectivity index (χ4n) is 16.7. The number of aromatic nitrogens is 2. The third-order valence-corrected chi connectivity index (χ3v) is 21.5. The lowest BCUT2D eigenvalue weighted by Crippen LogP contribution is -2.64. The standard InChI is InChI=1S/C82H74B2N6O2/c1-51-27-17-21-37-61(51)89(63-39-25-33-55-73(63)81(7,8)45-43-79(55,3)4)71-49-67-75-77(85-71)91-69-41-23-19-35-57(69)83(75)59-47-60-66(48-65(59)87(67)53-29-13-11-14-30-53)88(54-31-15-12-16-32-54)68-50-72(86-78-76(68)84(60)58-36-20-24-42-70(58)92-78)90(62-38-22-18-28-52(62)2)64-40-26-34-56-74(64)82(9,10)46-44-80(56,5)6/h11-42,47-50H,43-46H2,1-10H3. The highest BCUT2D eigenvalue weighted by Crippen LogP contribution is 2.56. The minimum absolute atomic E-state index is 0.0165. The molecule has 0 saturated carbocycles. The van der Waals surface area contributed by atoms with E-state index in [0.29, 0.717) is 11.8 Å². The Bertz CT molecular complexity index is 4570. The van der Waals surface area contributed by atoms with Gasteiger partial charge in [-0.2, -0.15) is 9.97 Å². The smallest absolute Gasteiger partial charge is 0.258 e. The first-order chi connectivity index (χ1) is 44.5. The van der Waals surface area contributed by atoms with Gasteiger partial charge in [-0.05, 0) is 183 Å². The van der Waals surface area contributed by atoms with Crippen molar-refractivity contribution in [3.63, 3.8) is 0 Å². The number of pyridine rings is 2. The third kappa shape index (κ3) is 8.44. The van der Waals surface area contributed by atoms with E-state index in [1.165, 1.54) is 33.2 Å². The predicted molar refractivity (Wildman–Crippen MR) is 383 cm³/mol. The Labute approximate surface area is 542 Å². The van der Waals surface area contributed by atoms with E-state index < -0.39 is 0 Å². The second kappa shape index (κ2) is 20.4. The van der Waals surface area contributed by atoms with Crippen molar-refractivity contribution in [1.82, 2.24) is 9.97 Å². The van der Waals surface area contributed by atoms with Crippen LogP contribution in [0.4, 0.5) is 68.5 Å². The van der Waals surface area contributed by atoms with Gasteiger partial charge in [-0.25, -0.2) is 0 Å². The van der Waals surface area contributed by atoms with Crippen molar-refractivity contribution in [1.29, 1.82) is 0 Å². The zero-order valence-electron chi connectivity index (χ0n) is 54.3. The van der Waals surface area contributed by atoms with E-state index in [1.807, 2.05) is 0 Å². The lowest BCUT2D eigenvalue weighted by atomic mass is 9.31. The molecule has 6 heterocycles. The molecular formula is C82H74B2N6O2. The van der Waals surface area contributed by atoms with Crippen LogP contribution >= 0.6 is 0 Å². The largest absolute Gasteiger partial charge is 0.440 e. The summed E-state index contributed by atoms with van der Waals surface area (Å²) in [6.07, 6.45) is 4.35. The van der Waals surface area contributed by atoms with Gasteiger partial charge in [0.2, 0.25) is 11.8 Å². The van der Waals surface area contributed by atoms with Crippen molar-refractivity contribution in [2.75, 3.05) is 19.6 Å². The lowest BCUT2D eigenvalue weighted by Gasteiger charge is -2.45. The van der Waals surface area contributed by atoms with Crippen molar-refractivity contribution >= 4 is 115 Å². The van der Waals surface area contributed by atoms with E-state index in [-0.39, 0.29) is 35.1 Å². The Morgan fingerprint density at radius 1 is 0.359 bits per heavy atom. The Morgan fingerprint density at radius 2 is 0.728 bits per heavy atom. The van der Waals surface area contributed by atoms with Crippen molar-refractivity contribution in [2.24, 2.45) is 0 Å². The molecule has 0 atom stereocenters. The summed E-state index contributed by atoms with van der Waals surface area (Å²) in [5, 5.41) is 0. The maximum atomic E-state index is 7.30. The first-order valence-corrected chi connectivity index (χ1v) is 33.0. The number of fused-ring (bicyclic) bond motifs is 10. The molecule has 4 aliphatic heterocycles. The number of benzene rings is 9. The van der Waals surface area contributed by atoms with Gasteiger partial charge in [-0.15, -0.1) is 0 Å². The van der Waals surface area contributed by atoms with Crippen LogP contribution in [0, 0.1) is 13.8 Å². The fraction of sp³-hybridized carbons (Fsp3) is 0.220. The Morgan fingerprint density at radius 3 is 1.15 bits per heavy atom. The average Bonchev–Trinajstić information content (AvgIpc) is 0.689. The summed E-state index contributed by atoms with van der Waals surface area (Å²) in [6, 6.07) is 80.3. The molecular weight excluding hydrogens is 1120 g/mol. The predicted octanol–water partition coefficient (Wildman–Crippen LogP) is 17.5. The van der Waals surface area contributed by atoms with Crippen LogP contribution in [0.1, 0.15) is 114 Å². The minimum atomic E-state index is -0.252. The fourth-order valence-corrected chi connectivity index (χ4v) is 16.7. The molecule has 0 amide bonds. The number of hydrogen-bond donors (Lipinski definition) is 0. The molecule has 0 radical (unpaired) electrons. The summed E-state index contributed by atoms with van der Waals surface area (Å²) in [6.45, 7) is 23.3. The molecule has 17 rings (SSSR count). The first kappa shape index (κ1) is 56.2. The number of rotatable bonds is 8. The molecule has 0 spiro atoms. The SMILES string of the molecule is Cc1ccccc1N(c1cc2c3c(n1)Oc1ccccc1B3c1cc3c(cc1N2c1ccccc1)N(c1ccccc1)c1cc(N(c2ccccc2C)c2cccc4c2C(C)(C)CCC4(C)C)nc2c1B3c1ccccc1O2)c1cccc2c1C(C)(C)CCC2(C)C. The average molecular weight is 1200 g/mol. The summed E-state index contributed by atoms with van der Waals surface area (Å²) in [4.78, 5) is 21.5. The molecule has 0 bridgehead atoms. The van der Waals surface area contributed by atoms with Crippen LogP contribution in [0.2, 0.25) is 0 Å². The van der Waals surface area contributed by atoms with E-state index in [0.717, 1.165) is 139 Å². The molecule has 9 aromatic carbocycles. The molecule has 450 valence electrons. The number of hydrogen-bond acceptors (Lipinski definition) is 8. The van der Waals surface area contributed by atoms with Gasteiger partial charge in [0, 0.05) is 45.8 Å². The second-order valence-corrected chi connectivity index (χ2v) is 29.1. The molecule has 6 aliphatic rings. The Kier molecular flexibility index (Phi) is 12.4. The zero-order valence-corrected chi connectivity index (χ0v) is 54.3. The van der Waals surface area contributed by atoms with E-state index in [9.17, 15) is 0 Å². The summed E-state index contributed by atoms with van der Waals surface area (Å²) < 4.78 is 14.6. The first-order valence-electron chi connectivity index (χ1n) is 33.0. The van der Waals surface area contributed by atoms with E-state index in [1.54, 1.807) is 0 Å². The van der Waals surface area contributed by atoms with Crippen LogP contribution in [-0.2, 0) is 21.7 Å². The van der Waals surface area contributed by atoms with Gasteiger partial charge in [0.05, 0.1) is 34.1 Å². The molecule has 92 heavy (non-hydrogen) atoms. The molecule has 11 aromatic rings. The van der Waals surface area contributed by atoms with E-state index in [2.05, 4.69) is 307 Å². The van der Waals surface area contributed by atoms with Crippen LogP contribution in [0.3, 0.4) is 0 Å². The highest BCUT2D eigenvalue weighted by atomic mass is 16.5. The molecule has 0 fully saturated rings. The second-order valence-electron chi connectivity index (χ2n) is 29.1. The van der Waals surface area contributed by atoms with Gasteiger partial charge >= 0.3 is 0 Å². The molecule has 0 saturated heterocycles. The van der Waals surface area contributed by atoms with Crippen LogP contribution in [-0.4, -0.2) is 23.4 Å². The molecule has 8 nitrogen and oxygen atoms in total. The Hall–Kier alpha value is -9.79. The van der Waals surface area contributed by atoms with Crippen LogP contribution in [0.15, 0.2) is 218 Å². The lowest BCUT2D eigenvalue weighted by molar-refractivity contribution is 0.332. The van der Waals surface area contributed by atoms with Gasteiger partial charge in [0.15, 0.2) is 0 Å². The van der Waals surface area contributed by atoms with E-state index in [4.69, 9.17) is 19.4 Å². The molecule has 0 unspecified atom stereocenters. The maximum Gasteiger partial charge on any atom is 0.258 e. The normalized spacial score (nSPS) is 16.6. The summed E-state index contributed by atoms with van der Waals surface area (Å²) in [7, 11) is 0. The monoisotopic (exact) mass is 1200 g/mol. The number of para-hydroxylation sites is 6. The minimum Gasteiger partial charge on any atom is -0.440 e. The molecule has 0 N–H and O–H groups in total. The summed E-state index contributed by atoms with van der Waals surface area (Å²) in [5.41, 5.74) is 24.9. The number of nitrogens with zero attached hydrogens (tertiary/aromatic N) is 6. The van der Waals surface area contributed by atoms with Gasteiger partial charge < -0.3 is 19.3 Å². The molecule has 10 heteroatoms. The van der Waals surface area contributed by atoms with Gasteiger partial charge in [-0.1, -0.05) is 195 Å². The maximum absolute atomic E-state index is 7.30. The number of anilines is 12. The van der Waals surface area contributed by atoms with Crippen LogP contribution in [0.5, 0.6) is 23.3 Å². The molecule has 2 aromatic heterocycles.